The van der Waals surface area contributed by atoms with Crippen LogP contribution in [0.3, 0.4) is 0 Å². The highest BCUT2D eigenvalue weighted by molar-refractivity contribution is 7.61. The summed E-state index contributed by atoms with van der Waals surface area (Å²) in [6, 6.07) is 13.3. The van der Waals surface area contributed by atoms with Crippen molar-refractivity contribution in [3.05, 3.63) is 58.7 Å². The predicted molar refractivity (Wildman–Crippen MR) is 136 cm³/mol. The smallest absolute Gasteiger partial charge is 0.131 e. The molecule has 2 aromatic rings. The van der Waals surface area contributed by atoms with Crippen LogP contribution in [0.25, 0.3) is 0 Å². The van der Waals surface area contributed by atoms with E-state index in [0.717, 1.165) is 10.6 Å². The molecule has 166 valence electrons. The Bertz CT molecular complexity index is 797. The fourth-order valence-corrected chi connectivity index (χ4v) is 4.90. The Hall–Kier alpha value is -1.33. The summed E-state index contributed by atoms with van der Waals surface area (Å²) in [5, 5.41) is 1.95. The van der Waals surface area contributed by atoms with E-state index in [1.54, 1.807) is 0 Å². The van der Waals surface area contributed by atoms with Crippen LogP contribution in [-0.4, -0.2) is 0 Å². The molecule has 0 saturated heterocycles. The molecule has 1 nitrogen and oxygen atoms in total. The van der Waals surface area contributed by atoms with Crippen LogP contribution < -0.4 is 10.6 Å². The number of benzene rings is 2. The molecular weight excluding hydrogens is 383 g/mol. The van der Waals surface area contributed by atoms with Crippen molar-refractivity contribution < 1.29 is 4.57 Å². The molecule has 0 heterocycles. The van der Waals surface area contributed by atoms with Crippen LogP contribution in [0.15, 0.2) is 36.4 Å². The molecule has 2 heteroatoms. The van der Waals surface area contributed by atoms with Crippen molar-refractivity contribution in [1.82, 2.24) is 0 Å². The zero-order chi connectivity index (χ0) is 23.3. The molecule has 0 aliphatic carbocycles. The second-order valence-electron chi connectivity index (χ2n) is 12.9. The molecule has 0 saturated carbocycles. The third-order valence-corrected chi connectivity index (χ3v) is 7.48. The van der Waals surface area contributed by atoms with Gasteiger partial charge in [-0.3, -0.25) is 0 Å². The van der Waals surface area contributed by atoms with Crippen LogP contribution in [-0.2, 0) is 26.2 Å². The average Bonchev–Trinajstić information content (AvgIpc) is 2.57. The van der Waals surface area contributed by atoms with Gasteiger partial charge in [-0.25, -0.2) is 0 Å². The summed E-state index contributed by atoms with van der Waals surface area (Å²) in [6.45, 7) is 26.8. The van der Waals surface area contributed by atoms with Gasteiger partial charge in [-0.15, -0.1) is 0 Å². The van der Waals surface area contributed by atoms with Gasteiger partial charge in [0, 0.05) is 10.6 Å². The lowest BCUT2D eigenvalue weighted by Gasteiger charge is -2.27. The first-order chi connectivity index (χ1) is 13.3. The Kier molecular flexibility index (Phi) is 6.63. The standard InChI is InChI=1S/C28H43OP/c1-25(2,3)19-13-20(26(4,5)6)16-23(15-19)30(29)24-17-21(27(7,8)9)14-22(18-24)28(10,11)12/h13-18,30H,1-12H3. The highest BCUT2D eigenvalue weighted by Crippen LogP contribution is 2.34. The van der Waals surface area contributed by atoms with E-state index in [1.807, 2.05) is 0 Å². The second kappa shape index (κ2) is 7.98. The minimum absolute atomic E-state index is 0.0159. The van der Waals surface area contributed by atoms with Gasteiger partial charge >= 0.3 is 0 Å². The van der Waals surface area contributed by atoms with Crippen LogP contribution in [0.2, 0.25) is 0 Å². The minimum Gasteiger partial charge on any atom is -0.317 e. The van der Waals surface area contributed by atoms with Crippen molar-refractivity contribution >= 4 is 18.4 Å². The molecular formula is C28H43OP. The third-order valence-electron chi connectivity index (χ3n) is 5.85. The highest BCUT2D eigenvalue weighted by atomic mass is 31.1. The number of rotatable bonds is 2. The first kappa shape index (κ1) is 24.9. The summed E-state index contributed by atoms with van der Waals surface area (Å²) < 4.78 is 13.9. The fraction of sp³-hybridized carbons (Fsp3) is 0.571. The van der Waals surface area contributed by atoms with E-state index in [2.05, 4.69) is 119 Å². The summed E-state index contributed by atoms with van der Waals surface area (Å²) >= 11 is 0. The minimum atomic E-state index is -2.12. The second-order valence-corrected chi connectivity index (χ2v) is 14.7. The quantitative estimate of drug-likeness (QED) is 0.458. The van der Waals surface area contributed by atoms with E-state index in [-0.39, 0.29) is 21.7 Å². The normalized spacial score (nSPS) is 13.8. The predicted octanol–water partition coefficient (Wildman–Crippen LogP) is 7.39. The molecule has 0 unspecified atom stereocenters. The van der Waals surface area contributed by atoms with Gasteiger partial charge in [-0.1, -0.05) is 95.2 Å². The van der Waals surface area contributed by atoms with Gasteiger partial charge < -0.3 is 4.57 Å². The van der Waals surface area contributed by atoms with Crippen molar-refractivity contribution in [2.24, 2.45) is 0 Å². The Morgan fingerprint density at radius 3 is 0.800 bits per heavy atom. The van der Waals surface area contributed by atoms with E-state index in [9.17, 15) is 4.57 Å². The van der Waals surface area contributed by atoms with E-state index in [0.29, 0.717) is 0 Å². The van der Waals surface area contributed by atoms with Gasteiger partial charge in [-0.2, -0.15) is 0 Å². The molecule has 2 rings (SSSR count). The van der Waals surface area contributed by atoms with Crippen LogP contribution in [0.4, 0.5) is 0 Å². The maximum absolute atomic E-state index is 13.9. The lowest BCUT2D eigenvalue weighted by molar-refractivity contribution is 0.569. The lowest BCUT2D eigenvalue weighted by atomic mass is 9.81. The molecule has 0 radical (unpaired) electrons. The molecule has 0 aliphatic heterocycles. The third kappa shape index (κ3) is 5.88. The van der Waals surface area contributed by atoms with Crippen molar-refractivity contribution in [1.29, 1.82) is 0 Å². The Morgan fingerprint density at radius 1 is 0.433 bits per heavy atom. The highest BCUT2D eigenvalue weighted by Gasteiger charge is 2.25. The Labute approximate surface area is 186 Å². The summed E-state index contributed by atoms with van der Waals surface area (Å²) in [5.74, 6) is 0. The van der Waals surface area contributed by atoms with Crippen LogP contribution in [0.5, 0.6) is 0 Å². The first-order valence-corrected chi connectivity index (χ1v) is 12.6. The summed E-state index contributed by atoms with van der Waals surface area (Å²) in [6.07, 6.45) is 0. The van der Waals surface area contributed by atoms with Crippen molar-refractivity contribution in [3.8, 4) is 0 Å². The maximum atomic E-state index is 13.9. The molecule has 0 amide bonds. The van der Waals surface area contributed by atoms with Crippen molar-refractivity contribution in [2.45, 2.75) is 105 Å². The van der Waals surface area contributed by atoms with E-state index >= 15 is 0 Å². The molecule has 0 aromatic heterocycles. The molecule has 0 aliphatic rings. The lowest BCUT2D eigenvalue weighted by Crippen LogP contribution is -2.23. The van der Waals surface area contributed by atoms with E-state index in [4.69, 9.17) is 0 Å². The largest absolute Gasteiger partial charge is 0.317 e. The SMILES string of the molecule is CC(C)(C)c1cc([PH](=O)c2cc(C(C)(C)C)cc(C(C)(C)C)c2)cc(C(C)(C)C)c1. The Morgan fingerprint density at radius 2 is 0.633 bits per heavy atom. The van der Waals surface area contributed by atoms with Gasteiger partial charge in [0.25, 0.3) is 0 Å². The van der Waals surface area contributed by atoms with Crippen LogP contribution >= 0.6 is 7.80 Å². The van der Waals surface area contributed by atoms with Gasteiger partial charge in [-0.05, 0) is 68.2 Å². The molecule has 0 fully saturated rings. The number of hydrogen-bond donors (Lipinski definition) is 0. The molecule has 0 spiro atoms. The van der Waals surface area contributed by atoms with Gasteiger partial charge in [0.15, 0.2) is 0 Å². The molecule has 30 heavy (non-hydrogen) atoms. The summed E-state index contributed by atoms with van der Waals surface area (Å²) in [4.78, 5) is 0. The zero-order valence-electron chi connectivity index (χ0n) is 21.4. The summed E-state index contributed by atoms with van der Waals surface area (Å²) in [7, 11) is -2.12. The average molecular weight is 427 g/mol. The topological polar surface area (TPSA) is 17.1 Å². The van der Waals surface area contributed by atoms with Gasteiger partial charge in [0.1, 0.15) is 7.80 Å². The van der Waals surface area contributed by atoms with E-state index in [1.165, 1.54) is 22.3 Å². The van der Waals surface area contributed by atoms with Crippen molar-refractivity contribution in [2.75, 3.05) is 0 Å². The van der Waals surface area contributed by atoms with Crippen molar-refractivity contribution in [3.63, 3.8) is 0 Å². The first-order valence-electron chi connectivity index (χ1n) is 11.2. The van der Waals surface area contributed by atoms with Crippen LogP contribution in [0, 0.1) is 0 Å². The zero-order valence-corrected chi connectivity index (χ0v) is 22.4. The molecule has 0 bridgehead atoms. The molecule has 0 atom stereocenters. The summed E-state index contributed by atoms with van der Waals surface area (Å²) in [5.41, 5.74) is 5.09. The monoisotopic (exact) mass is 426 g/mol. The maximum Gasteiger partial charge on any atom is 0.131 e. The Balaban J connectivity index is 2.73. The molecule has 0 N–H and O–H groups in total. The molecule has 2 aromatic carbocycles. The van der Waals surface area contributed by atoms with Crippen LogP contribution in [0.1, 0.15) is 105 Å². The number of hydrogen-bond acceptors (Lipinski definition) is 1. The van der Waals surface area contributed by atoms with Gasteiger partial charge in [0.2, 0.25) is 0 Å². The van der Waals surface area contributed by atoms with E-state index < -0.39 is 7.80 Å². The van der Waals surface area contributed by atoms with Gasteiger partial charge in [0.05, 0.1) is 0 Å². The fourth-order valence-electron chi connectivity index (χ4n) is 3.42.